The maximum absolute atomic E-state index is 12.9. The Labute approximate surface area is 146 Å². The van der Waals surface area contributed by atoms with Gasteiger partial charge in [0.2, 0.25) is 0 Å². The zero-order valence-electron chi connectivity index (χ0n) is 14.2. The number of carbonyl (C=O) groups excluding carboxylic acids is 1. The lowest BCUT2D eigenvalue weighted by molar-refractivity contribution is -0.134. The third-order valence-electron chi connectivity index (χ3n) is 4.46. The number of likely N-dealkylation sites (tertiary alicyclic amines) is 1. The summed E-state index contributed by atoms with van der Waals surface area (Å²) in [7, 11) is 1.84. The molecule has 0 bridgehead atoms. The maximum atomic E-state index is 12.9. The lowest BCUT2D eigenvalue weighted by Gasteiger charge is -2.33. The van der Waals surface area contributed by atoms with Crippen LogP contribution in [-0.2, 0) is 4.79 Å². The number of rotatable bonds is 5. The van der Waals surface area contributed by atoms with Crippen molar-refractivity contribution in [1.82, 2.24) is 9.88 Å². The number of amides is 1. The van der Waals surface area contributed by atoms with Crippen molar-refractivity contribution in [3.05, 3.63) is 54.0 Å². The molecule has 1 amide bonds. The Bertz CT molecular complexity index is 721. The van der Waals surface area contributed by atoms with Crippen molar-refractivity contribution in [3.63, 3.8) is 0 Å². The summed E-state index contributed by atoms with van der Waals surface area (Å²) < 4.78 is 18.4. The van der Waals surface area contributed by atoms with Crippen molar-refractivity contribution in [2.24, 2.45) is 0 Å². The lowest BCUT2D eigenvalue weighted by Crippen LogP contribution is -2.41. The number of halogens is 1. The number of pyridine rings is 1. The van der Waals surface area contributed by atoms with E-state index in [1.165, 1.54) is 29.8 Å². The average molecular weight is 343 g/mol. The van der Waals surface area contributed by atoms with Gasteiger partial charge in [0, 0.05) is 32.3 Å². The van der Waals surface area contributed by atoms with Gasteiger partial charge in [0.25, 0.3) is 5.91 Å². The summed E-state index contributed by atoms with van der Waals surface area (Å²) in [6.07, 6.45) is 3.81. The van der Waals surface area contributed by atoms with E-state index in [1.54, 1.807) is 6.20 Å². The maximum Gasteiger partial charge on any atom is 0.260 e. The van der Waals surface area contributed by atoms with Crippen LogP contribution in [0.4, 0.5) is 10.2 Å². The zero-order chi connectivity index (χ0) is 17.6. The van der Waals surface area contributed by atoms with Crippen LogP contribution in [0.1, 0.15) is 24.3 Å². The Hall–Kier alpha value is -2.63. The molecule has 0 unspecified atom stereocenters. The molecule has 0 aliphatic carbocycles. The van der Waals surface area contributed by atoms with Gasteiger partial charge in [0.05, 0.1) is 0 Å². The largest absolute Gasteiger partial charge is 0.484 e. The quantitative estimate of drug-likeness (QED) is 0.907. The summed E-state index contributed by atoms with van der Waals surface area (Å²) in [5.74, 6) is 1.27. The molecule has 1 atom stereocenters. The first-order valence-corrected chi connectivity index (χ1v) is 8.45. The molecule has 2 aromatic rings. The molecule has 132 valence electrons. The standard InChI is InChI=1S/C19H22FN3O2/c1-21-18-11-14(8-9-22-18)15-3-2-10-23(12-15)19(24)13-25-17-6-4-16(20)5-7-17/h4-9,11,15H,2-3,10,12-13H2,1H3,(H,21,22)/t15-/m0/s1. The summed E-state index contributed by atoms with van der Waals surface area (Å²) in [6, 6.07) is 9.73. The van der Waals surface area contributed by atoms with Crippen LogP contribution in [0.3, 0.4) is 0 Å². The van der Waals surface area contributed by atoms with Crippen molar-refractivity contribution in [2.75, 3.05) is 32.1 Å². The summed E-state index contributed by atoms with van der Waals surface area (Å²) in [5.41, 5.74) is 1.19. The molecular weight excluding hydrogens is 321 g/mol. The van der Waals surface area contributed by atoms with Gasteiger partial charge in [0.15, 0.2) is 6.61 Å². The summed E-state index contributed by atoms with van der Waals surface area (Å²) in [4.78, 5) is 18.5. The fourth-order valence-electron chi connectivity index (χ4n) is 3.08. The highest BCUT2D eigenvalue weighted by Crippen LogP contribution is 2.28. The minimum atomic E-state index is -0.323. The highest BCUT2D eigenvalue weighted by molar-refractivity contribution is 5.78. The second kappa shape index (κ2) is 7.96. The highest BCUT2D eigenvalue weighted by atomic mass is 19.1. The molecule has 0 spiro atoms. The molecule has 5 nitrogen and oxygen atoms in total. The van der Waals surface area contributed by atoms with Crippen LogP contribution in [0.15, 0.2) is 42.6 Å². The van der Waals surface area contributed by atoms with E-state index in [9.17, 15) is 9.18 Å². The molecule has 3 rings (SSSR count). The third kappa shape index (κ3) is 4.47. The van der Waals surface area contributed by atoms with E-state index < -0.39 is 0 Å². The van der Waals surface area contributed by atoms with E-state index in [2.05, 4.69) is 10.3 Å². The molecule has 6 heteroatoms. The Morgan fingerprint density at radius 1 is 1.36 bits per heavy atom. The second-order valence-electron chi connectivity index (χ2n) is 6.15. The molecule has 0 radical (unpaired) electrons. The van der Waals surface area contributed by atoms with Crippen molar-refractivity contribution in [3.8, 4) is 5.75 Å². The molecular formula is C19H22FN3O2. The van der Waals surface area contributed by atoms with Gasteiger partial charge in [-0.25, -0.2) is 9.37 Å². The Morgan fingerprint density at radius 3 is 2.92 bits per heavy atom. The number of piperidine rings is 1. The van der Waals surface area contributed by atoms with Crippen molar-refractivity contribution >= 4 is 11.7 Å². The third-order valence-corrected chi connectivity index (χ3v) is 4.46. The van der Waals surface area contributed by atoms with Gasteiger partial charge in [-0.3, -0.25) is 4.79 Å². The predicted molar refractivity (Wildman–Crippen MR) is 94.2 cm³/mol. The topological polar surface area (TPSA) is 54.5 Å². The van der Waals surface area contributed by atoms with Gasteiger partial charge < -0.3 is 15.0 Å². The molecule has 1 aliphatic heterocycles. The van der Waals surface area contributed by atoms with Gasteiger partial charge in [-0.2, -0.15) is 0 Å². The van der Waals surface area contributed by atoms with Crippen LogP contribution in [0, 0.1) is 5.82 Å². The summed E-state index contributed by atoms with van der Waals surface area (Å²) in [6.45, 7) is 1.39. The Balaban J connectivity index is 1.58. The van der Waals surface area contributed by atoms with Gasteiger partial charge >= 0.3 is 0 Å². The Kier molecular flexibility index (Phi) is 5.48. The van der Waals surface area contributed by atoms with E-state index >= 15 is 0 Å². The van der Waals surface area contributed by atoms with Crippen LogP contribution < -0.4 is 10.1 Å². The number of aromatic nitrogens is 1. The monoisotopic (exact) mass is 343 g/mol. The van der Waals surface area contributed by atoms with Gasteiger partial charge in [-0.1, -0.05) is 0 Å². The van der Waals surface area contributed by atoms with Crippen LogP contribution in [0.2, 0.25) is 0 Å². The number of nitrogens with zero attached hydrogens (tertiary/aromatic N) is 2. The number of hydrogen-bond acceptors (Lipinski definition) is 4. The van der Waals surface area contributed by atoms with Crippen molar-refractivity contribution in [2.45, 2.75) is 18.8 Å². The van der Waals surface area contributed by atoms with Crippen LogP contribution >= 0.6 is 0 Å². The minimum absolute atomic E-state index is 0.0313. The molecule has 2 heterocycles. The van der Waals surface area contributed by atoms with Gasteiger partial charge in [-0.15, -0.1) is 0 Å². The molecule has 0 saturated carbocycles. The minimum Gasteiger partial charge on any atom is -0.484 e. The first kappa shape index (κ1) is 17.2. The fourth-order valence-corrected chi connectivity index (χ4v) is 3.08. The van der Waals surface area contributed by atoms with Crippen LogP contribution in [-0.4, -0.2) is 42.5 Å². The number of carbonyl (C=O) groups is 1. The van der Waals surface area contributed by atoms with Gasteiger partial charge in [-0.05, 0) is 54.8 Å². The summed E-state index contributed by atoms with van der Waals surface area (Å²) in [5, 5.41) is 3.04. The lowest BCUT2D eigenvalue weighted by atomic mass is 9.91. The van der Waals surface area contributed by atoms with Crippen LogP contribution in [0.25, 0.3) is 0 Å². The van der Waals surface area contributed by atoms with E-state index in [0.717, 1.165) is 25.2 Å². The SMILES string of the molecule is CNc1cc([C@H]2CCCN(C(=O)COc3ccc(F)cc3)C2)ccn1. The fraction of sp³-hybridized carbons (Fsp3) is 0.368. The van der Waals surface area contributed by atoms with E-state index in [4.69, 9.17) is 4.74 Å². The smallest absolute Gasteiger partial charge is 0.260 e. The molecule has 1 aliphatic rings. The van der Waals surface area contributed by atoms with E-state index in [0.29, 0.717) is 18.2 Å². The first-order chi connectivity index (χ1) is 12.2. The van der Waals surface area contributed by atoms with Crippen LogP contribution in [0.5, 0.6) is 5.75 Å². The van der Waals surface area contributed by atoms with Gasteiger partial charge in [0.1, 0.15) is 17.4 Å². The number of hydrogen-bond donors (Lipinski definition) is 1. The van der Waals surface area contributed by atoms with E-state index in [-0.39, 0.29) is 18.3 Å². The normalized spacial score (nSPS) is 17.2. The molecule has 1 aromatic carbocycles. The average Bonchev–Trinajstić information content (AvgIpc) is 2.67. The molecule has 25 heavy (non-hydrogen) atoms. The molecule has 1 saturated heterocycles. The molecule has 1 fully saturated rings. The first-order valence-electron chi connectivity index (χ1n) is 8.45. The van der Waals surface area contributed by atoms with Crippen molar-refractivity contribution < 1.29 is 13.9 Å². The molecule has 1 aromatic heterocycles. The number of benzene rings is 1. The second-order valence-corrected chi connectivity index (χ2v) is 6.15. The van der Waals surface area contributed by atoms with E-state index in [1.807, 2.05) is 24.1 Å². The van der Waals surface area contributed by atoms with Crippen molar-refractivity contribution in [1.29, 1.82) is 0 Å². The predicted octanol–water partition coefficient (Wildman–Crippen LogP) is 3.05. The molecule has 1 N–H and O–H groups in total. The number of ether oxygens (including phenoxy) is 1. The number of nitrogens with one attached hydrogen (secondary N) is 1. The zero-order valence-corrected chi connectivity index (χ0v) is 14.2. The highest BCUT2D eigenvalue weighted by Gasteiger charge is 2.25. The summed E-state index contributed by atoms with van der Waals surface area (Å²) >= 11 is 0. The number of anilines is 1. The Morgan fingerprint density at radius 2 is 2.16 bits per heavy atom.